The summed E-state index contributed by atoms with van der Waals surface area (Å²) in [5.41, 5.74) is 1.99. The fourth-order valence-corrected chi connectivity index (χ4v) is 2.55. The number of hydrogen-bond donors (Lipinski definition) is 1. The molecule has 1 aromatic heterocycles. The number of benzene rings is 1. The first-order valence-corrected chi connectivity index (χ1v) is 7.08. The Morgan fingerprint density at radius 1 is 1.19 bits per heavy atom. The topological polar surface area (TPSA) is 62.5 Å². The zero-order valence-corrected chi connectivity index (χ0v) is 12.6. The number of carbonyl (C=O) groups is 2. The van der Waals surface area contributed by atoms with E-state index in [0.717, 1.165) is 16.5 Å². The maximum absolute atomic E-state index is 12.3. The number of rotatable bonds is 5. The minimum absolute atomic E-state index is 0.0515. The summed E-state index contributed by atoms with van der Waals surface area (Å²) in [6, 6.07) is 7.35. The van der Waals surface area contributed by atoms with Crippen molar-refractivity contribution in [2.24, 2.45) is 0 Å². The predicted molar refractivity (Wildman–Crippen MR) is 81.6 cm³/mol. The summed E-state index contributed by atoms with van der Waals surface area (Å²) >= 11 is 0. The van der Waals surface area contributed by atoms with Crippen LogP contribution in [0.15, 0.2) is 24.3 Å². The summed E-state index contributed by atoms with van der Waals surface area (Å²) < 4.78 is 1.58. The molecule has 112 valence electrons. The average molecular weight is 288 g/mol. The van der Waals surface area contributed by atoms with E-state index in [1.165, 1.54) is 0 Å². The average Bonchev–Trinajstić information content (AvgIpc) is 2.78. The summed E-state index contributed by atoms with van der Waals surface area (Å²) in [5, 5.41) is 10.2. The van der Waals surface area contributed by atoms with E-state index >= 15 is 0 Å². The highest BCUT2D eigenvalue weighted by atomic mass is 16.4. The summed E-state index contributed by atoms with van der Waals surface area (Å²) in [7, 11) is 0. The van der Waals surface area contributed by atoms with Crippen molar-refractivity contribution in [1.29, 1.82) is 0 Å². The van der Waals surface area contributed by atoms with Crippen LogP contribution in [0.5, 0.6) is 0 Å². The highest BCUT2D eigenvalue weighted by Crippen LogP contribution is 2.21. The zero-order chi connectivity index (χ0) is 15.6. The van der Waals surface area contributed by atoms with E-state index < -0.39 is 5.97 Å². The molecule has 0 saturated carbocycles. The first kappa shape index (κ1) is 15.1. The zero-order valence-electron chi connectivity index (χ0n) is 12.6. The van der Waals surface area contributed by atoms with E-state index in [9.17, 15) is 14.7 Å². The van der Waals surface area contributed by atoms with Gasteiger partial charge in [0.1, 0.15) is 12.2 Å². The lowest BCUT2D eigenvalue weighted by atomic mass is 10.2. The Balaban J connectivity index is 2.48. The number of fused-ring (bicyclic) bond motifs is 1. The largest absolute Gasteiger partial charge is 0.477 e. The first-order valence-electron chi connectivity index (χ1n) is 7.08. The van der Waals surface area contributed by atoms with Gasteiger partial charge in [-0.15, -0.1) is 0 Å². The maximum Gasteiger partial charge on any atom is 0.352 e. The molecule has 2 rings (SSSR count). The standard InChI is InChI=1S/C16H20N2O3/c1-4-17(5-2)15(19)10-18-13-7-6-11(3)8-12(13)9-14(18)16(20)21/h6-9H,4-5,10H2,1-3H3,(H,20,21). The molecule has 0 spiro atoms. The number of carboxylic acid groups (broad SMARTS) is 1. The molecule has 1 N–H and O–H groups in total. The van der Waals surface area contributed by atoms with Crippen molar-refractivity contribution in [2.45, 2.75) is 27.3 Å². The van der Waals surface area contributed by atoms with Crippen LogP contribution in [0.1, 0.15) is 29.9 Å². The molecule has 0 unspecified atom stereocenters. The second kappa shape index (κ2) is 5.99. The molecule has 2 aromatic rings. The second-order valence-electron chi connectivity index (χ2n) is 5.05. The van der Waals surface area contributed by atoms with E-state index in [1.54, 1.807) is 15.5 Å². The third-order valence-electron chi connectivity index (χ3n) is 3.69. The molecular weight excluding hydrogens is 268 g/mol. The molecule has 5 nitrogen and oxygen atoms in total. The molecule has 0 aliphatic heterocycles. The SMILES string of the molecule is CCN(CC)C(=O)Cn1c(C(=O)O)cc2cc(C)ccc21. The summed E-state index contributed by atoms with van der Waals surface area (Å²) in [4.78, 5) is 25.4. The molecule has 21 heavy (non-hydrogen) atoms. The van der Waals surface area contributed by atoms with Gasteiger partial charge in [-0.1, -0.05) is 11.6 Å². The molecule has 1 heterocycles. The van der Waals surface area contributed by atoms with Gasteiger partial charge in [0.2, 0.25) is 5.91 Å². The van der Waals surface area contributed by atoms with Crippen LogP contribution in [-0.4, -0.2) is 39.5 Å². The number of nitrogens with zero attached hydrogens (tertiary/aromatic N) is 2. The minimum Gasteiger partial charge on any atom is -0.477 e. The molecule has 5 heteroatoms. The van der Waals surface area contributed by atoms with Crippen LogP contribution in [0.4, 0.5) is 0 Å². The van der Waals surface area contributed by atoms with Crippen LogP contribution in [0.2, 0.25) is 0 Å². The lowest BCUT2D eigenvalue weighted by Gasteiger charge is -2.19. The third-order valence-corrected chi connectivity index (χ3v) is 3.69. The van der Waals surface area contributed by atoms with Crippen molar-refractivity contribution in [3.63, 3.8) is 0 Å². The molecule has 0 radical (unpaired) electrons. The maximum atomic E-state index is 12.3. The van der Waals surface area contributed by atoms with Gasteiger partial charge < -0.3 is 14.6 Å². The van der Waals surface area contributed by atoms with Gasteiger partial charge in [-0.25, -0.2) is 4.79 Å². The fraction of sp³-hybridized carbons (Fsp3) is 0.375. The summed E-state index contributed by atoms with van der Waals surface area (Å²) in [6.07, 6.45) is 0. The van der Waals surface area contributed by atoms with E-state index in [2.05, 4.69) is 0 Å². The number of hydrogen-bond acceptors (Lipinski definition) is 2. The number of carbonyl (C=O) groups excluding carboxylic acids is 1. The van der Waals surface area contributed by atoms with Crippen molar-refractivity contribution in [2.75, 3.05) is 13.1 Å². The van der Waals surface area contributed by atoms with Crippen LogP contribution >= 0.6 is 0 Å². The van der Waals surface area contributed by atoms with Gasteiger partial charge in [-0.05, 0) is 39.0 Å². The highest BCUT2D eigenvalue weighted by molar-refractivity contribution is 5.96. The summed E-state index contributed by atoms with van der Waals surface area (Å²) in [5.74, 6) is -1.09. The Morgan fingerprint density at radius 2 is 1.86 bits per heavy atom. The minimum atomic E-state index is -1.02. The lowest BCUT2D eigenvalue weighted by Crippen LogP contribution is -2.34. The smallest absolute Gasteiger partial charge is 0.352 e. The third kappa shape index (κ3) is 2.91. The van der Waals surface area contributed by atoms with E-state index in [4.69, 9.17) is 0 Å². The molecule has 0 aliphatic rings. The predicted octanol–water partition coefficient (Wildman–Crippen LogP) is 2.52. The first-order chi connectivity index (χ1) is 9.97. The Hall–Kier alpha value is -2.30. The van der Waals surface area contributed by atoms with E-state index in [0.29, 0.717) is 13.1 Å². The van der Waals surface area contributed by atoms with Gasteiger partial charge in [0.25, 0.3) is 0 Å². The van der Waals surface area contributed by atoms with Gasteiger partial charge in [0.05, 0.1) is 0 Å². The molecule has 0 aliphatic carbocycles. The van der Waals surface area contributed by atoms with E-state index in [1.807, 2.05) is 39.0 Å². The molecular formula is C16H20N2O3. The second-order valence-corrected chi connectivity index (χ2v) is 5.05. The number of amides is 1. The molecule has 0 atom stereocenters. The van der Waals surface area contributed by atoms with Gasteiger partial charge in [-0.2, -0.15) is 0 Å². The Kier molecular flexibility index (Phi) is 4.31. The van der Waals surface area contributed by atoms with Crippen LogP contribution in [0.3, 0.4) is 0 Å². The molecule has 0 bridgehead atoms. The van der Waals surface area contributed by atoms with Crippen molar-refractivity contribution in [1.82, 2.24) is 9.47 Å². The van der Waals surface area contributed by atoms with Crippen LogP contribution in [0, 0.1) is 6.92 Å². The van der Waals surface area contributed by atoms with Crippen molar-refractivity contribution in [3.05, 3.63) is 35.5 Å². The number of aromatic carboxylic acids is 1. The fourth-order valence-electron chi connectivity index (χ4n) is 2.55. The van der Waals surface area contributed by atoms with Gasteiger partial charge >= 0.3 is 5.97 Å². The van der Waals surface area contributed by atoms with E-state index in [-0.39, 0.29) is 18.1 Å². The van der Waals surface area contributed by atoms with Gasteiger partial charge in [0, 0.05) is 24.0 Å². The monoisotopic (exact) mass is 288 g/mol. The Morgan fingerprint density at radius 3 is 2.43 bits per heavy atom. The number of likely N-dealkylation sites (N-methyl/N-ethyl adjacent to an activating group) is 1. The molecule has 0 saturated heterocycles. The van der Waals surface area contributed by atoms with Gasteiger partial charge in [-0.3, -0.25) is 4.79 Å². The Labute approximate surface area is 123 Å². The Bertz CT molecular complexity index is 684. The van der Waals surface area contributed by atoms with Crippen LogP contribution in [-0.2, 0) is 11.3 Å². The lowest BCUT2D eigenvalue weighted by molar-refractivity contribution is -0.131. The normalized spacial score (nSPS) is 10.8. The van der Waals surface area contributed by atoms with Crippen molar-refractivity contribution in [3.8, 4) is 0 Å². The van der Waals surface area contributed by atoms with Gasteiger partial charge in [0.15, 0.2) is 0 Å². The highest BCUT2D eigenvalue weighted by Gasteiger charge is 2.18. The number of aromatic nitrogens is 1. The van der Waals surface area contributed by atoms with Crippen molar-refractivity contribution >= 4 is 22.8 Å². The molecule has 1 aromatic carbocycles. The number of aryl methyl sites for hydroxylation is 1. The summed E-state index contributed by atoms with van der Waals surface area (Å²) in [6.45, 7) is 7.08. The van der Waals surface area contributed by atoms with Crippen LogP contribution < -0.4 is 0 Å². The molecule has 0 fully saturated rings. The van der Waals surface area contributed by atoms with Crippen molar-refractivity contribution < 1.29 is 14.7 Å². The quantitative estimate of drug-likeness (QED) is 0.919. The number of carboxylic acids is 1. The molecule has 1 amide bonds. The van der Waals surface area contributed by atoms with Crippen LogP contribution in [0.25, 0.3) is 10.9 Å².